The van der Waals surface area contributed by atoms with E-state index in [9.17, 15) is 19.2 Å². The van der Waals surface area contributed by atoms with Crippen molar-refractivity contribution in [2.24, 2.45) is 10.8 Å². The van der Waals surface area contributed by atoms with Gasteiger partial charge in [0, 0.05) is 16.8 Å². The van der Waals surface area contributed by atoms with Gasteiger partial charge < -0.3 is 15.8 Å². The highest BCUT2D eigenvalue weighted by Gasteiger charge is 2.17. The molecular weight excluding hydrogens is 460 g/mol. The second kappa shape index (κ2) is 10.9. The minimum Gasteiger partial charge on any atom is -0.422 e. The van der Waals surface area contributed by atoms with Crippen LogP contribution in [0, 0.1) is 0 Å². The zero-order valence-electron chi connectivity index (χ0n) is 17.9. The molecule has 0 aromatic heterocycles. The molecule has 34 heavy (non-hydrogen) atoms. The predicted molar refractivity (Wildman–Crippen MR) is 127 cm³/mol. The van der Waals surface area contributed by atoms with Gasteiger partial charge in [-0.25, -0.2) is 10.2 Å². The van der Waals surface area contributed by atoms with Gasteiger partial charge in [-0.3, -0.25) is 14.4 Å². The molecule has 0 heterocycles. The molecule has 0 spiro atoms. The Morgan fingerprint density at radius 3 is 2.12 bits per heavy atom. The molecule has 0 aliphatic rings. The molecule has 0 aliphatic carbocycles. The Kier molecular flexibility index (Phi) is 7.73. The average Bonchev–Trinajstić information content (AvgIpc) is 2.83. The number of hydrogen-bond acceptors (Lipinski definition) is 6. The van der Waals surface area contributed by atoms with Gasteiger partial charge in [0.2, 0.25) is 5.91 Å². The molecule has 3 amide bonds. The molecule has 9 nitrogen and oxygen atoms in total. The molecule has 10 heteroatoms. The third kappa shape index (κ3) is 6.05. The van der Waals surface area contributed by atoms with E-state index in [0.717, 1.165) is 0 Å². The molecule has 0 aliphatic heterocycles. The maximum atomic E-state index is 12.5. The fourth-order valence-corrected chi connectivity index (χ4v) is 3.00. The molecule has 0 bridgehead atoms. The lowest BCUT2D eigenvalue weighted by Gasteiger charge is -2.11. The van der Waals surface area contributed by atoms with Gasteiger partial charge in [-0.2, -0.15) is 5.10 Å². The third-order valence-electron chi connectivity index (χ3n) is 4.53. The smallest absolute Gasteiger partial charge is 0.345 e. The van der Waals surface area contributed by atoms with Crippen LogP contribution < -0.4 is 21.2 Å². The van der Waals surface area contributed by atoms with E-state index in [-0.39, 0.29) is 27.6 Å². The summed E-state index contributed by atoms with van der Waals surface area (Å²) in [6.07, 6.45) is 0. The van der Waals surface area contributed by atoms with Crippen LogP contribution in [0.4, 0.5) is 5.69 Å². The molecule has 172 valence electrons. The summed E-state index contributed by atoms with van der Waals surface area (Å²) in [5.41, 5.74) is 8.78. The number of esters is 1. The minimum absolute atomic E-state index is 0.196. The first-order valence-corrected chi connectivity index (χ1v) is 10.3. The van der Waals surface area contributed by atoms with Crippen molar-refractivity contribution in [3.63, 3.8) is 0 Å². The van der Waals surface area contributed by atoms with Crippen LogP contribution in [0.3, 0.4) is 0 Å². The highest BCUT2D eigenvalue weighted by molar-refractivity contribution is 6.39. The molecule has 3 aromatic rings. The molecule has 0 fully saturated rings. The number of nitrogens with two attached hydrogens (primary N) is 1. The number of rotatable bonds is 6. The summed E-state index contributed by atoms with van der Waals surface area (Å²) in [4.78, 5) is 47.9. The van der Waals surface area contributed by atoms with Crippen LogP contribution >= 0.6 is 11.6 Å². The standard InChI is InChI=1S/C24H19ClN4O5/c1-14(28-29-23(32)22(31)27-16-12-10-15(11-13-16)21(26)30)17-6-3-5-9-20(17)34-24(33)18-7-2-4-8-19(18)25/h2-13H,1H3,(H2,26,30)(H,27,31)(H,29,32)/b28-14+. The highest BCUT2D eigenvalue weighted by Crippen LogP contribution is 2.22. The number of benzene rings is 3. The first kappa shape index (κ1) is 24.1. The first-order chi connectivity index (χ1) is 16.3. The van der Waals surface area contributed by atoms with Crippen LogP contribution in [0.5, 0.6) is 5.75 Å². The number of nitrogens with one attached hydrogen (secondary N) is 2. The van der Waals surface area contributed by atoms with E-state index in [2.05, 4.69) is 15.8 Å². The second-order valence-corrected chi connectivity index (χ2v) is 7.31. The van der Waals surface area contributed by atoms with E-state index in [1.807, 2.05) is 0 Å². The number of nitrogens with zero attached hydrogens (tertiary/aromatic N) is 1. The zero-order chi connectivity index (χ0) is 24.7. The Balaban J connectivity index is 1.67. The van der Waals surface area contributed by atoms with E-state index < -0.39 is 23.7 Å². The van der Waals surface area contributed by atoms with Gasteiger partial charge in [0.05, 0.1) is 16.3 Å². The van der Waals surface area contributed by atoms with E-state index in [1.165, 1.54) is 30.3 Å². The number of ether oxygens (including phenoxy) is 1. The van der Waals surface area contributed by atoms with E-state index in [0.29, 0.717) is 11.3 Å². The van der Waals surface area contributed by atoms with Gasteiger partial charge >= 0.3 is 17.8 Å². The fourth-order valence-electron chi connectivity index (χ4n) is 2.79. The Morgan fingerprint density at radius 1 is 0.853 bits per heavy atom. The predicted octanol–water partition coefficient (Wildman–Crippen LogP) is 3.14. The van der Waals surface area contributed by atoms with Gasteiger partial charge in [-0.05, 0) is 55.5 Å². The van der Waals surface area contributed by atoms with Crippen molar-refractivity contribution in [3.05, 3.63) is 94.5 Å². The summed E-state index contributed by atoms with van der Waals surface area (Å²) in [5.74, 6) is -3.07. The van der Waals surface area contributed by atoms with Gasteiger partial charge in [0.15, 0.2) is 0 Å². The van der Waals surface area contributed by atoms with Crippen LogP contribution in [0.2, 0.25) is 5.02 Å². The largest absolute Gasteiger partial charge is 0.422 e. The van der Waals surface area contributed by atoms with Crippen LogP contribution in [0.15, 0.2) is 77.9 Å². The number of halogens is 1. The normalized spacial score (nSPS) is 10.8. The van der Waals surface area contributed by atoms with Crippen molar-refractivity contribution < 1.29 is 23.9 Å². The van der Waals surface area contributed by atoms with E-state index in [4.69, 9.17) is 22.1 Å². The second-order valence-electron chi connectivity index (χ2n) is 6.90. The highest BCUT2D eigenvalue weighted by atomic mass is 35.5. The molecule has 0 saturated carbocycles. The van der Waals surface area contributed by atoms with Gasteiger partial charge in [0.1, 0.15) is 5.75 Å². The summed E-state index contributed by atoms with van der Waals surface area (Å²) in [5, 5.41) is 6.56. The van der Waals surface area contributed by atoms with Crippen molar-refractivity contribution in [3.8, 4) is 5.75 Å². The van der Waals surface area contributed by atoms with Crippen LogP contribution in [-0.4, -0.2) is 29.4 Å². The molecule has 3 aromatic carbocycles. The number of anilines is 1. The molecule has 3 rings (SSSR count). The Hall–Kier alpha value is -4.50. The number of hydrazone groups is 1. The van der Waals surface area contributed by atoms with Crippen LogP contribution in [0.25, 0.3) is 0 Å². The van der Waals surface area contributed by atoms with Crippen LogP contribution in [-0.2, 0) is 9.59 Å². The van der Waals surface area contributed by atoms with Crippen molar-refractivity contribution in [1.29, 1.82) is 0 Å². The summed E-state index contributed by atoms with van der Waals surface area (Å²) in [6.45, 7) is 1.57. The van der Waals surface area contributed by atoms with Crippen molar-refractivity contribution in [1.82, 2.24) is 5.43 Å². The third-order valence-corrected chi connectivity index (χ3v) is 4.86. The summed E-state index contributed by atoms with van der Waals surface area (Å²) >= 11 is 6.05. The van der Waals surface area contributed by atoms with Gasteiger partial charge in [-0.1, -0.05) is 35.9 Å². The first-order valence-electron chi connectivity index (χ1n) is 9.88. The molecule has 0 saturated heterocycles. The number of hydrogen-bond donors (Lipinski definition) is 3. The topological polar surface area (TPSA) is 140 Å². The molecule has 0 radical (unpaired) electrons. The number of carbonyl (C=O) groups excluding carboxylic acids is 4. The Morgan fingerprint density at radius 2 is 1.47 bits per heavy atom. The monoisotopic (exact) mass is 478 g/mol. The number of para-hydroxylation sites is 1. The van der Waals surface area contributed by atoms with Crippen molar-refractivity contribution >= 4 is 46.7 Å². The Bertz CT molecular complexity index is 1290. The summed E-state index contributed by atoms with van der Waals surface area (Å²) in [6, 6.07) is 18.7. The number of primary amides is 1. The van der Waals surface area contributed by atoms with E-state index >= 15 is 0 Å². The molecule has 4 N–H and O–H groups in total. The maximum absolute atomic E-state index is 12.5. The fraction of sp³-hybridized carbons (Fsp3) is 0.0417. The lowest BCUT2D eigenvalue weighted by Crippen LogP contribution is -2.33. The van der Waals surface area contributed by atoms with E-state index in [1.54, 1.807) is 49.4 Å². The maximum Gasteiger partial charge on any atom is 0.345 e. The summed E-state index contributed by atoms with van der Waals surface area (Å²) in [7, 11) is 0. The SMILES string of the molecule is C/C(=N\NC(=O)C(=O)Nc1ccc(C(N)=O)cc1)c1ccccc1OC(=O)c1ccccc1Cl. The quantitative estimate of drug-likeness (QED) is 0.164. The number of carbonyl (C=O) groups is 4. The molecule has 0 atom stereocenters. The van der Waals surface area contributed by atoms with Crippen molar-refractivity contribution in [2.45, 2.75) is 6.92 Å². The van der Waals surface area contributed by atoms with Crippen LogP contribution in [0.1, 0.15) is 33.2 Å². The number of amides is 3. The average molecular weight is 479 g/mol. The Labute approximate surface area is 199 Å². The van der Waals surface area contributed by atoms with Crippen molar-refractivity contribution in [2.75, 3.05) is 5.32 Å². The lowest BCUT2D eigenvalue weighted by molar-refractivity contribution is -0.136. The zero-order valence-corrected chi connectivity index (χ0v) is 18.6. The minimum atomic E-state index is -1.02. The lowest BCUT2D eigenvalue weighted by atomic mass is 10.1. The van der Waals surface area contributed by atoms with Gasteiger partial charge in [0.25, 0.3) is 0 Å². The molecular formula is C24H19ClN4O5. The summed E-state index contributed by atoms with van der Waals surface area (Å²) < 4.78 is 5.46. The van der Waals surface area contributed by atoms with Gasteiger partial charge in [-0.15, -0.1) is 0 Å². The molecule has 0 unspecified atom stereocenters.